The van der Waals surface area contributed by atoms with Crippen molar-refractivity contribution in [1.29, 1.82) is 0 Å². The molecular weight excluding hydrogens is 306 g/mol. The van der Waals surface area contributed by atoms with E-state index in [9.17, 15) is 0 Å². The standard InChI is InChI=1S/C22H25N3/c1-15-7-6-8-16(2)21(15)17-11-12-20-18(13-17)14-23-22(25-20)24-19-9-4-3-5-10-19/h6-8,11-14,19H,3-5,9-10H2,1-2H3,(H,23,24,25). The summed E-state index contributed by atoms with van der Waals surface area (Å²) in [5.41, 5.74) is 6.16. The molecule has 3 heteroatoms. The number of hydrogen-bond donors (Lipinski definition) is 1. The third-order valence-electron chi connectivity index (χ3n) is 5.29. The van der Waals surface area contributed by atoms with Gasteiger partial charge < -0.3 is 5.32 Å². The second-order valence-corrected chi connectivity index (χ2v) is 7.21. The Hall–Kier alpha value is -2.42. The van der Waals surface area contributed by atoms with Crippen LogP contribution in [0.3, 0.4) is 0 Å². The number of fused-ring (bicyclic) bond motifs is 1. The van der Waals surface area contributed by atoms with Crippen molar-refractivity contribution in [2.75, 3.05) is 5.32 Å². The van der Waals surface area contributed by atoms with Crippen LogP contribution in [0, 0.1) is 13.8 Å². The zero-order chi connectivity index (χ0) is 17.2. The van der Waals surface area contributed by atoms with Gasteiger partial charge in [0.15, 0.2) is 0 Å². The average molecular weight is 331 g/mol. The Morgan fingerprint density at radius 3 is 2.48 bits per heavy atom. The summed E-state index contributed by atoms with van der Waals surface area (Å²) in [6.07, 6.45) is 8.39. The Morgan fingerprint density at radius 1 is 0.960 bits per heavy atom. The van der Waals surface area contributed by atoms with Gasteiger partial charge in [-0.05, 0) is 61.1 Å². The number of rotatable bonds is 3. The third kappa shape index (κ3) is 3.37. The molecule has 0 bridgehead atoms. The molecule has 0 saturated heterocycles. The fourth-order valence-electron chi connectivity index (χ4n) is 3.96. The molecule has 1 saturated carbocycles. The monoisotopic (exact) mass is 331 g/mol. The lowest BCUT2D eigenvalue weighted by Crippen LogP contribution is -2.23. The van der Waals surface area contributed by atoms with Gasteiger partial charge in [-0.1, -0.05) is 43.5 Å². The highest BCUT2D eigenvalue weighted by molar-refractivity contribution is 5.85. The van der Waals surface area contributed by atoms with E-state index in [1.807, 2.05) is 6.20 Å². The minimum atomic E-state index is 0.528. The molecule has 1 aliphatic carbocycles. The quantitative estimate of drug-likeness (QED) is 0.673. The minimum absolute atomic E-state index is 0.528. The highest BCUT2D eigenvalue weighted by Gasteiger charge is 2.14. The summed E-state index contributed by atoms with van der Waals surface area (Å²) in [7, 11) is 0. The van der Waals surface area contributed by atoms with E-state index >= 15 is 0 Å². The fourth-order valence-corrected chi connectivity index (χ4v) is 3.96. The predicted molar refractivity (Wildman–Crippen MR) is 105 cm³/mol. The molecular formula is C22H25N3. The molecule has 1 fully saturated rings. The molecule has 0 unspecified atom stereocenters. The van der Waals surface area contributed by atoms with Crippen molar-refractivity contribution in [3.63, 3.8) is 0 Å². The first-order valence-corrected chi connectivity index (χ1v) is 9.30. The van der Waals surface area contributed by atoms with Gasteiger partial charge in [0.25, 0.3) is 0 Å². The van der Waals surface area contributed by atoms with Crippen LogP contribution in [-0.2, 0) is 0 Å². The molecule has 3 aromatic rings. The van der Waals surface area contributed by atoms with E-state index in [4.69, 9.17) is 4.98 Å². The number of benzene rings is 2. The molecule has 1 aliphatic rings. The van der Waals surface area contributed by atoms with Crippen LogP contribution in [0.25, 0.3) is 22.0 Å². The Labute approximate surface area is 149 Å². The highest BCUT2D eigenvalue weighted by Crippen LogP contribution is 2.29. The molecule has 0 atom stereocenters. The van der Waals surface area contributed by atoms with Crippen molar-refractivity contribution in [3.8, 4) is 11.1 Å². The molecule has 3 nitrogen and oxygen atoms in total. The van der Waals surface area contributed by atoms with E-state index in [2.05, 4.69) is 60.5 Å². The molecule has 0 amide bonds. The SMILES string of the molecule is Cc1cccc(C)c1-c1ccc2nc(NC3CCCCC3)ncc2c1. The van der Waals surface area contributed by atoms with Gasteiger partial charge >= 0.3 is 0 Å². The second kappa shape index (κ2) is 6.83. The fraction of sp³-hybridized carbons (Fsp3) is 0.364. The molecule has 4 rings (SSSR count). The normalized spacial score (nSPS) is 15.4. The molecule has 1 N–H and O–H groups in total. The topological polar surface area (TPSA) is 37.8 Å². The largest absolute Gasteiger partial charge is 0.351 e. The zero-order valence-electron chi connectivity index (χ0n) is 15.0. The maximum absolute atomic E-state index is 4.73. The molecule has 25 heavy (non-hydrogen) atoms. The number of aryl methyl sites for hydroxylation is 2. The third-order valence-corrected chi connectivity index (χ3v) is 5.29. The maximum atomic E-state index is 4.73. The van der Waals surface area contributed by atoms with Gasteiger partial charge in [0.2, 0.25) is 5.95 Å². The van der Waals surface area contributed by atoms with Gasteiger partial charge in [-0.2, -0.15) is 0 Å². The summed E-state index contributed by atoms with van der Waals surface area (Å²) in [6, 6.07) is 13.5. The molecule has 1 aromatic heterocycles. The second-order valence-electron chi connectivity index (χ2n) is 7.21. The van der Waals surface area contributed by atoms with Crippen LogP contribution in [-0.4, -0.2) is 16.0 Å². The Morgan fingerprint density at radius 2 is 1.72 bits per heavy atom. The summed E-state index contributed by atoms with van der Waals surface area (Å²) in [6.45, 7) is 4.33. The first-order chi connectivity index (χ1) is 12.2. The zero-order valence-corrected chi connectivity index (χ0v) is 15.0. The average Bonchev–Trinajstić information content (AvgIpc) is 2.62. The van der Waals surface area contributed by atoms with Crippen LogP contribution in [0.2, 0.25) is 0 Å². The number of anilines is 1. The lowest BCUT2D eigenvalue weighted by molar-refractivity contribution is 0.461. The summed E-state index contributed by atoms with van der Waals surface area (Å²) < 4.78 is 0. The van der Waals surface area contributed by atoms with Crippen LogP contribution in [0.1, 0.15) is 43.2 Å². The Bertz CT molecular complexity index is 875. The van der Waals surface area contributed by atoms with E-state index in [-0.39, 0.29) is 0 Å². The van der Waals surface area contributed by atoms with E-state index in [1.165, 1.54) is 54.4 Å². The summed E-state index contributed by atoms with van der Waals surface area (Å²) in [5, 5.41) is 4.61. The number of aromatic nitrogens is 2. The minimum Gasteiger partial charge on any atom is -0.351 e. The van der Waals surface area contributed by atoms with Crippen LogP contribution < -0.4 is 5.32 Å². The van der Waals surface area contributed by atoms with Crippen LogP contribution >= 0.6 is 0 Å². The summed E-state index contributed by atoms with van der Waals surface area (Å²) in [5.74, 6) is 0.763. The van der Waals surface area contributed by atoms with Crippen molar-refractivity contribution in [2.24, 2.45) is 0 Å². The Balaban J connectivity index is 1.65. The number of nitrogens with zero attached hydrogens (tertiary/aromatic N) is 2. The first kappa shape index (κ1) is 16.1. The Kier molecular flexibility index (Phi) is 4.39. The van der Waals surface area contributed by atoms with Crippen molar-refractivity contribution in [3.05, 3.63) is 53.7 Å². The molecule has 128 valence electrons. The molecule has 0 aliphatic heterocycles. The predicted octanol–water partition coefficient (Wildman–Crippen LogP) is 5.66. The number of hydrogen-bond acceptors (Lipinski definition) is 3. The molecule has 0 radical (unpaired) electrons. The molecule has 2 aromatic carbocycles. The van der Waals surface area contributed by atoms with Crippen LogP contribution in [0.5, 0.6) is 0 Å². The van der Waals surface area contributed by atoms with Crippen LogP contribution in [0.15, 0.2) is 42.6 Å². The molecule has 0 spiro atoms. The van der Waals surface area contributed by atoms with Crippen molar-refractivity contribution in [1.82, 2.24) is 9.97 Å². The van der Waals surface area contributed by atoms with Crippen LogP contribution in [0.4, 0.5) is 5.95 Å². The highest BCUT2D eigenvalue weighted by atomic mass is 15.1. The maximum Gasteiger partial charge on any atom is 0.223 e. The van der Waals surface area contributed by atoms with E-state index in [0.717, 1.165) is 16.9 Å². The lowest BCUT2D eigenvalue weighted by Gasteiger charge is -2.22. The van der Waals surface area contributed by atoms with E-state index in [0.29, 0.717) is 6.04 Å². The summed E-state index contributed by atoms with van der Waals surface area (Å²) in [4.78, 5) is 9.29. The van der Waals surface area contributed by atoms with Crippen molar-refractivity contribution < 1.29 is 0 Å². The number of nitrogens with one attached hydrogen (secondary N) is 1. The van der Waals surface area contributed by atoms with Gasteiger partial charge in [-0.3, -0.25) is 0 Å². The summed E-state index contributed by atoms with van der Waals surface area (Å²) >= 11 is 0. The van der Waals surface area contributed by atoms with Gasteiger partial charge in [0, 0.05) is 17.6 Å². The molecule has 1 heterocycles. The van der Waals surface area contributed by atoms with Crippen molar-refractivity contribution >= 4 is 16.9 Å². The lowest BCUT2D eigenvalue weighted by atomic mass is 9.95. The smallest absolute Gasteiger partial charge is 0.223 e. The van der Waals surface area contributed by atoms with E-state index in [1.54, 1.807) is 0 Å². The van der Waals surface area contributed by atoms with E-state index < -0.39 is 0 Å². The van der Waals surface area contributed by atoms with Gasteiger partial charge in [-0.25, -0.2) is 9.97 Å². The van der Waals surface area contributed by atoms with Gasteiger partial charge in [0.05, 0.1) is 5.52 Å². The first-order valence-electron chi connectivity index (χ1n) is 9.30. The van der Waals surface area contributed by atoms with Crippen molar-refractivity contribution in [2.45, 2.75) is 52.0 Å². The van der Waals surface area contributed by atoms with Gasteiger partial charge in [-0.15, -0.1) is 0 Å². The van der Waals surface area contributed by atoms with Gasteiger partial charge in [0.1, 0.15) is 0 Å².